The Hall–Kier alpha value is -1.09. The van der Waals surface area contributed by atoms with Gasteiger partial charge in [0.05, 0.1) is 18.5 Å². The van der Waals surface area contributed by atoms with Crippen LogP contribution in [-0.4, -0.2) is 18.1 Å². The quantitative estimate of drug-likeness (QED) is 0.733. The van der Waals surface area contributed by atoms with E-state index in [1.165, 1.54) is 0 Å². The van der Waals surface area contributed by atoms with Crippen LogP contribution in [0.25, 0.3) is 0 Å². The summed E-state index contributed by atoms with van der Waals surface area (Å²) in [6, 6.07) is 4.45. The first kappa shape index (κ1) is 16.0. The molecule has 3 nitrogen and oxygen atoms in total. The maximum absolute atomic E-state index is 5.68. The molecule has 1 heterocycles. The minimum Gasteiger partial charge on any atom is -0.492 e. The van der Waals surface area contributed by atoms with Crippen LogP contribution < -0.4 is 10.1 Å². The molecule has 0 amide bonds. The second-order valence-electron chi connectivity index (χ2n) is 5.36. The molecule has 0 aliphatic carbocycles. The number of hydrogen-bond acceptors (Lipinski definition) is 3. The summed E-state index contributed by atoms with van der Waals surface area (Å²) in [7, 11) is 0. The van der Waals surface area contributed by atoms with Crippen molar-refractivity contribution < 1.29 is 4.74 Å². The van der Waals surface area contributed by atoms with Gasteiger partial charge < -0.3 is 10.1 Å². The van der Waals surface area contributed by atoms with Gasteiger partial charge in [0.15, 0.2) is 0 Å². The van der Waals surface area contributed by atoms with Crippen LogP contribution in [0, 0.1) is 5.92 Å². The van der Waals surface area contributed by atoms with Gasteiger partial charge in [-0.2, -0.15) is 0 Å². The Morgan fingerprint density at radius 3 is 2.58 bits per heavy atom. The normalized spacial score (nSPS) is 12.7. The first-order valence-corrected chi connectivity index (χ1v) is 7.49. The number of rotatable bonds is 9. The number of ether oxygens (including phenoxy) is 1. The summed E-state index contributed by atoms with van der Waals surface area (Å²) >= 11 is 0. The Labute approximate surface area is 117 Å². The monoisotopic (exact) mass is 264 g/mol. The topological polar surface area (TPSA) is 34.1 Å². The predicted molar refractivity (Wildman–Crippen MR) is 80.5 cm³/mol. The van der Waals surface area contributed by atoms with Crippen molar-refractivity contribution >= 4 is 0 Å². The first-order valence-electron chi connectivity index (χ1n) is 7.49. The van der Waals surface area contributed by atoms with E-state index in [0.717, 1.165) is 43.9 Å². The molecule has 19 heavy (non-hydrogen) atoms. The van der Waals surface area contributed by atoms with Crippen molar-refractivity contribution in [2.24, 2.45) is 5.92 Å². The summed E-state index contributed by atoms with van der Waals surface area (Å²) in [5.74, 6) is 1.55. The molecule has 1 aromatic heterocycles. The van der Waals surface area contributed by atoms with Gasteiger partial charge >= 0.3 is 0 Å². The molecule has 0 saturated carbocycles. The molecule has 0 aliphatic heterocycles. The Morgan fingerprint density at radius 2 is 2.05 bits per heavy atom. The minimum absolute atomic E-state index is 0.352. The van der Waals surface area contributed by atoms with Gasteiger partial charge in [0.1, 0.15) is 5.75 Å². The molecule has 1 N–H and O–H groups in total. The summed E-state index contributed by atoms with van der Waals surface area (Å²) in [5.41, 5.74) is 1.10. The van der Waals surface area contributed by atoms with Crippen LogP contribution in [-0.2, 0) is 0 Å². The van der Waals surface area contributed by atoms with Crippen molar-refractivity contribution in [1.29, 1.82) is 0 Å². The average molecular weight is 264 g/mol. The number of aromatic nitrogens is 1. The van der Waals surface area contributed by atoms with Gasteiger partial charge in [-0.05, 0) is 43.9 Å². The van der Waals surface area contributed by atoms with Crippen LogP contribution in [0.4, 0.5) is 0 Å². The fraction of sp³-hybridized carbons (Fsp3) is 0.688. The van der Waals surface area contributed by atoms with Gasteiger partial charge in [-0.15, -0.1) is 0 Å². The number of nitrogens with one attached hydrogen (secondary N) is 1. The molecule has 1 atom stereocenters. The van der Waals surface area contributed by atoms with Gasteiger partial charge in [-0.3, -0.25) is 4.98 Å². The SMILES string of the molecule is CCCNC(CC)c1ccc(OCCC(C)C)cn1. The van der Waals surface area contributed by atoms with Gasteiger partial charge in [-0.25, -0.2) is 0 Å². The Morgan fingerprint density at radius 1 is 1.26 bits per heavy atom. The van der Waals surface area contributed by atoms with Crippen molar-refractivity contribution in [2.45, 2.75) is 53.0 Å². The Balaban J connectivity index is 2.49. The van der Waals surface area contributed by atoms with Gasteiger partial charge in [0.25, 0.3) is 0 Å². The molecule has 0 aromatic carbocycles. The summed E-state index contributed by atoms with van der Waals surface area (Å²) < 4.78 is 5.68. The molecule has 0 fully saturated rings. The van der Waals surface area contributed by atoms with Crippen molar-refractivity contribution in [1.82, 2.24) is 10.3 Å². The molecule has 0 spiro atoms. The van der Waals surface area contributed by atoms with Crippen LogP contribution in [0.5, 0.6) is 5.75 Å². The molecule has 0 aliphatic rings. The smallest absolute Gasteiger partial charge is 0.137 e. The van der Waals surface area contributed by atoms with Crippen molar-refractivity contribution in [3.63, 3.8) is 0 Å². The van der Waals surface area contributed by atoms with E-state index < -0.39 is 0 Å². The molecule has 1 unspecified atom stereocenters. The van der Waals surface area contributed by atoms with E-state index in [1.807, 2.05) is 12.3 Å². The summed E-state index contributed by atoms with van der Waals surface area (Å²) in [6.45, 7) is 10.6. The molecular formula is C16H28N2O. The predicted octanol–water partition coefficient (Wildman–Crippen LogP) is 3.96. The molecule has 108 valence electrons. The Kier molecular flexibility index (Phi) is 7.49. The van der Waals surface area contributed by atoms with Crippen LogP contribution in [0.15, 0.2) is 18.3 Å². The number of nitrogens with zero attached hydrogens (tertiary/aromatic N) is 1. The fourth-order valence-electron chi connectivity index (χ4n) is 1.87. The highest BCUT2D eigenvalue weighted by Crippen LogP contribution is 2.17. The van der Waals surface area contributed by atoms with Crippen molar-refractivity contribution in [2.75, 3.05) is 13.2 Å². The lowest BCUT2D eigenvalue weighted by Gasteiger charge is -2.16. The van der Waals surface area contributed by atoms with E-state index in [1.54, 1.807) is 0 Å². The van der Waals surface area contributed by atoms with Crippen LogP contribution in [0.2, 0.25) is 0 Å². The zero-order valence-corrected chi connectivity index (χ0v) is 12.8. The van der Waals surface area contributed by atoms with E-state index >= 15 is 0 Å². The molecule has 0 saturated heterocycles. The van der Waals surface area contributed by atoms with Gasteiger partial charge in [-0.1, -0.05) is 27.7 Å². The summed E-state index contributed by atoms with van der Waals surface area (Å²) in [6.07, 6.45) is 5.12. The van der Waals surface area contributed by atoms with E-state index in [4.69, 9.17) is 4.74 Å². The van der Waals surface area contributed by atoms with E-state index in [9.17, 15) is 0 Å². The van der Waals surface area contributed by atoms with Gasteiger partial charge in [0, 0.05) is 6.04 Å². The maximum atomic E-state index is 5.68. The molecule has 1 rings (SSSR count). The second kappa shape index (κ2) is 8.92. The van der Waals surface area contributed by atoms with Crippen molar-refractivity contribution in [3.8, 4) is 5.75 Å². The first-order chi connectivity index (χ1) is 9.17. The molecule has 1 aromatic rings. The molecule has 0 bridgehead atoms. The largest absolute Gasteiger partial charge is 0.492 e. The third kappa shape index (κ3) is 6.06. The average Bonchev–Trinajstić information content (AvgIpc) is 2.41. The maximum Gasteiger partial charge on any atom is 0.137 e. The van der Waals surface area contributed by atoms with Crippen LogP contribution in [0.3, 0.4) is 0 Å². The lowest BCUT2D eigenvalue weighted by molar-refractivity contribution is 0.288. The third-order valence-electron chi connectivity index (χ3n) is 3.13. The van der Waals surface area contributed by atoms with E-state index in [2.05, 4.69) is 44.1 Å². The molecular weight excluding hydrogens is 236 g/mol. The highest BCUT2D eigenvalue weighted by Gasteiger charge is 2.09. The van der Waals surface area contributed by atoms with E-state index in [0.29, 0.717) is 12.0 Å². The zero-order valence-electron chi connectivity index (χ0n) is 12.8. The second-order valence-corrected chi connectivity index (χ2v) is 5.36. The number of hydrogen-bond donors (Lipinski definition) is 1. The molecule has 3 heteroatoms. The summed E-state index contributed by atoms with van der Waals surface area (Å²) in [4.78, 5) is 4.51. The zero-order chi connectivity index (χ0) is 14.1. The Bertz CT molecular complexity index is 335. The lowest BCUT2D eigenvalue weighted by Crippen LogP contribution is -2.22. The fourth-order valence-corrected chi connectivity index (χ4v) is 1.87. The molecule has 0 radical (unpaired) electrons. The van der Waals surface area contributed by atoms with Crippen LogP contribution in [0.1, 0.15) is 58.7 Å². The van der Waals surface area contributed by atoms with Crippen LogP contribution >= 0.6 is 0 Å². The lowest BCUT2D eigenvalue weighted by atomic mass is 10.1. The summed E-state index contributed by atoms with van der Waals surface area (Å²) in [5, 5.41) is 3.51. The highest BCUT2D eigenvalue weighted by atomic mass is 16.5. The third-order valence-corrected chi connectivity index (χ3v) is 3.13. The number of pyridine rings is 1. The van der Waals surface area contributed by atoms with Gasteiger partial charge in [0.2, 0.25) is 0 Å². The minimum atomic E-state index is 0.352. The van der Waals surface area contributed by atoms with E-state index in [-0.39, 0.29) is 0 Å². The highest BCUT2D eigenvalue weighted by molar-refractivity contribution is 5.21. The standard InChI is InChI=1S/C16H28N2O/c1-5-10-17-15(6-2)16-8-7-14(12-18-16)19-11-9-13(3)4/h7-8,12-13,15,17H,5-6,9-11H2,1-4H3. The van der Waals surface area contributed by atoms with Crippen molar-refractivity contribution in [3.05, 3.63) is 24.0 Å².